The van der Waals surface area contributed by atoms with Crippen LogP contribution in [0.5, 0.6) is 0 Å². The quantitative estimate of drug-likeness (QED) is 0.175. The average Bonchev–Trinajstić information content (AvgIpc) is 3.86. The summed E-state index contributed by atoms with van der Waals surface area (Å²) in [6.07, 6.45) is 16.8. The normalized spacial score (nSPS) is 21.1. The fraction of sp³-hybridized carbons (Fsp3) is 0.0870. The molecule has 0 saturated carbocycles. The van der Waals surface area contributed by atoms with Crippen molar-refractivity contribution in [3.05, 3.63) is 181 Å². The molecule has 0 bridgehead atoms. The molecule has 0 saturated heterocycles. The first-order chi connectivity index (χ1) is 25.7. The van der Waals surface area contributed by atoms with Gasteiger partial charge in [-0.25, -0.2) is 15.0 Å². The van der Waals surface area contributed by atoms with E-state index in [1.807, 2.05) is 23.9 Å². The number of ether oxygens (including phenoxy) is 1. The van der Waals surface area contributed by atoms with Crippen LogP contribution in [0.15, 0.2) is 180 Å². The summed E-state index contributed by atoms with van der Waals surface area (Å²) in [6.45, 7) is 0. The second-order valence-electron chi connectivity index (χ2n) is 13.3. The van der Waals surface area contributed by atoms with E-state index in [9.17, 15) is 0 Å². The van der Waals surface area contributed by atoms with E-state index < -0.39 is 0 Å². The number of rotatable bonds is 6. The molecule has 4 atom stereocenters. The summed E-state index contributed by atoms with van der Waals surface area (Å²) < 4.78 is 6.16. The molecule has 6 heteroatoms. The molecule has 0 fully saturated rings. The standard InChI is InChI=1S/C46H32N4OS/c1-2-8-36-27-37(26-15-29(36)7-1)30-13-20-33(21-14-30)44-47-40(31-16-22-34(23-17-31)45-49-38-9-3-5-11-42(38)51-45)28-41(48-44)32-18-24-35(25-19-32)46-50-39-10-4-6-12-43(39)52-46/h1-28,38-39,42-43H. The zero-order valence-electron chi connectivity index (χ0n) is 28.1. The Balaban J connectivity index is 0.992. The number of nitrogens with zero attached hydrogens (tertiary/aromatic N) is 4. The van der Waals surface area contributed by atoms with E-state index in [0.717, 1.165) is 49.8 Å². The molecule has 4 unspecified atom stereocenters. The number of aromatic nitrogens is 2. The van der Waals surface area contributed by atoms with Gasteiger partial charge in [0.15, 0.2) is 5.82 Å². The van der Waals surface area contributed by atoms with Crippen LogP contribution in [0.2, 0.25) is 0 Å². The molecule has 5 nitrogen and oxygen atoms in total. The van der Waals surface area contributed by atoms with E-state index in [1.54, 1.807) is 0 Å². The van der Waals surface area contributed by atoms with E-state index in [2.05, 4.69) is 158 Å². The molecular formula is C46H32N4OS. The fourth-order valence-electron chi connectivity index (χ4n) is 7.10. The van der Waals surface area contributed by atoms with Gasteiger partial charge in [-0.1, -0.05) is 151 Å². The predicted molar refractivity (Wildman–Crippen MR) is 215 cm³/mol. The molecule has 6 aromatic rings. The summed E-state index contributed by atoms with van der Waals surface area (Å²) in [5.41, 5.74) is 9.10. The van der Waals surface area contributed by atoms with Crippen molar-refractivity contribution in [3.63, 3.8) is 0 Å². The Morgan fingerprint density at radius 1 is 0.462 bits per heavy atom. The number of hydrogen-bond donors (Lipinski definition) is 0. The number of hydrogen-bond acceptors (Lipinski definition) is 6. The minimum atomic E-state index is -0.0391. The van der Waals surface area contributed by atoms with Gasteiger partial charge in [0.05, 0.1) is 27.7 Å². The largest absolute Gasteiger partial charge is 0.467 e. The van der Waals surface area contributed by atoms with Crippen molar-refractivity contribution in [1.82, 2.24) is 9.97 Å². The van der Waals surface area contributed by atoms with Gasteiger partial charge in [-0.05, 0) is 52.2 Å². The second kappa shape index (κ2) is 12.9. The molecule has 52 heavy (non-hydrogen) atoms. The molecule has 0 radical (unpaired) electrons. The van der Waals surface area contributed by atoms with Gasteiger partial charge in [-0.2, -0.15) is 0 Å². The molecule has 4 aliphatic rings. The zero-order chi connectivity index (χ0) is 34.4. The van der Waals surface area contributed by atoms with Crippen LogP contribution in [0.3, 0.4) is 0 Å². The summed E-state index contributed by atoms with van der Waals surface area (Å²) in [5, 5.41) is 3.91. The minimum Gasteiger partial charge on any atom is -0.467 e. The van der Waals surface area contributed by atoms with Crippen molar-refractivity contribution >= 4 is 33.5 Å². The highest BCUT2D eigenvalue weighted by molar-refractivity contribution is 8.15. The lowest BCUT2D eigenvalue weighted by Crippen LogP contribution is -2.19. The average molecular weight is 689 g/mol. The van der Waals surface area contributed by atoms with Crippen LogP contribution in [-0.2, 0) is 4.74 Å². The predicted octanol–water partition coefficient (Wildman–Crippen LogP) is 10.3. The van der Waals surface area contributed by atoms with Crippen molar-refractivity contribution < 1.29 is 4.74 Å². The van der Waals surface area contributed by atoms with Crippen molar-refractivity contribution in [2.45, 2.75) is 23.4 Å². The third kappa shape index (κ3) is 5.81. The number of aliphatic imine (C=N–C) groups is 2. The van der Waals surface area contributed by atoms with Crippen molar-refractivity contribution in [2.24, 2.45) is 9.98 Å². The third-order valence-electron chi connectivity index (χ3n) is 9.95. The Morgan fingerprint density at radius 3 is 1.79 bits per heavy atom. The van der Waals surface area contributed by atoms with Gasteiger partial charge in [0.25, 0.3) is 0 Å². The van der Waals surface area contributed by atoms with Crippen LogP contribution in [0, 0.1) is 0 Å². The highest BCUT2D eigenvalue weighted by atomic mass is 32.2. The van der Waals surface area contributed by atoms with Crippen LogP contribution in [0.1, 0.15) is 11.1 Å². The lowest BCUT2D eigenvalue weighted by Gasteiger charge is -2.13. The Morgan fingerprint density at radius 2 is 1.06 bits per heavy atom. The first-order valence-corrected chi connectivity index (χ1v) is 18.5. The summed E-state index contributed by atoms with van der Waals surface area (Å²) in [4.78, 5) is 20.0. The smallest absolute Gasteiger partial charge is 0.217 e. The molecule has 2 aliphatic heterocycles. The highest BCUT2D eigenvalue weighted by Gasteiger charge is 2.29. The van der Waals surface area contributed by atoms with E-state index in [-0.39, 0.29) is 18.2 Å². The van der Waals surface area contributed by atoms with Crippen molar-refractivity contribution in [3.8, 4) is 45.0 Å². The lowest BCUT2D eigenvalue weighted by atomic mass is 10.00. The topological polar surface area (TPSA) is 59.7 Å². The lowest BCUT2D eigenvalue weighted by molar-refractivity contribution is 0.255. The maximum Gasteiger partial charge on any atom is 0.217 e. The summed E-state index contributed by atoms with van der Waals surface area (Å²) in [5.74, 6) is 1.35. The Labute approximate surface area is 306 Å². The molecule has 5 aromatic carbocycles. The van der Waals surface area contributed by atoms with Gasteiger partial charge in [0.2, 0.25) is 5.90 Å². The zero-order valence-corrected chi connectivity index (χ0v) is 28.9. The van der Waals surface area contributed by atoms with Crippen LogP contribution >= 0.6 is 11.8 Å². The Bertz CT molecular complexity index is 2410. The maximum absolute atomic E-state index is 6.16. The molecule has 248 valence electrons. The Hall–Kier alpha value is -6.11. The van der Waals surface area contributed by atoms with Crippen LogP contribution < -0.4 is 0 Å². The van der Waals surface area contributed by atoms with Gasteiger partial charge in [0, 0.05) is 27.8 Å². The number of fused-ring (bicyclic) bond motifs is 3. The first kappa shape index (κ1) is 30.7. The van der Waals surface area contributed by atoms with Gasteiger partial charge in [-0.15, -0.1) is 0 Å². The first-order valence-electron chi connectivity index (χ1n) is 17.6. The van der Waals surface area contributed by atoms with Crippen LogP contribution in [0.25, 0.3) is 55.8 Å². The summed E-state index contributed by atoms with van der Waals surface area (Å²) in [7, 11) is 0. The van der Waals surface area contributed by atoms with Crippen molar-refractivity contribution in [1.29, 1.82) is 0 Å². The SMILES string of the molecule is C1=CC2N=C(c3ccc(-c4cc(-c5ccc(C6=NC7C=CC=CC7S6)cc5)nc(-c5ccc(-c6ccc7ccccc7c6)cc5)n4)cc3)OC2C=C1. The number of thioether (sulfide) groups is 1. The van der Waals surface area contributed by atoms with Crippen LogP contribution in [-0.4, -0.2) is 44.3 Å². The molecule has 3 heterocycles. The fourth-order valence-corrected chi connectivity index (χ4v) is 8.27. The summed E-state index contributed by atoms with van der Waals surface area (Å²) >= 11 is 1.83. The maximum atomic E-state index is 6.16. The van der Waals surface area contributed by atoms with Gasteiger partial charge < -0.3 is 4.74 Å². The summed E-state index contributed by atoms with van der Waals surface area (Å²) in [6, 6.07) is 42.9. The third-order valence-corrected chi connectivity index (χ3v) is 11.2. The number of benzene rings is 5. The van der Waals surface area contributed by atoms with E-state index >= 15 is 0 Å². The molecule has 0 N–H and O–H groups in total. The van der Waals surface area contributed by atoms with E-state index in [1.165, 1.54) is 16.3 Å². The molecule has 10 rings (SSSR count). The Kier molecular flexibility index (Phi) is 7.61. The second-order valence-corrected chi connectivity index (χ2v) is 14.5. The van der Waals surface area contributed by atoms with Crippen LogP contribution in [0.4, 0.5) is 0 Å². The molecule has 1 aromatic heterocycles. The minimum absolute atomic E-state index is 0.0304. The van der Waals surface area contributed by atoms with Crippen molar-refractivity contribution in [2.75, 3.05) is 0 Å². The van der Waals surface area contributed by atoms with Gasteiger partial charge in [-0.3, -0.25) is 4.99 Å². The van der Waals surface area contributed by atoms with Gasteiger partial charge in [0.1, 0.15) is 12.1 Å². The number of allylic oxidation sites excluding steroid dienone is 4. The monoisotopic (exact) mass is 688 g/mol. The molecule has 0 spiro atoms. The highest BCUT2D eigenvalue weighted by Crippen LogP contribution is 2.35. The molecule has 2 aliphatic carbocycles. The van der Waals surface area contributed by atoms with Gasteiger partial charge >= 0.3 is 0 Å². The van der Waals surface area contributed by atoms with E-state index in [4.69, 9.17) is 24.7 Å². The molecular weight excluding hydrogens is 657 g/mol. The van der Waals surface area contributed by atoms with E-state index in [0.29, 0.717) is 17.0 Å². The molecule has 0 amide bonds.